The van der Waals surface area contributed by atoms with Gasteiger partial charge in [-0.15, -0.1) is 0 Å². The van der Waals surface area contributed by atoms with Gasteiger partial charge in [-0.25, -0.2) is 9.97 Å². The molecule has 0 spiro atoms. The van der Waals surface area contributed by atoms with E-state index in [0.717, 1.165) is 35.8 Å². The van der Waals surface area contributed by atoms with Crippen LogP contribution in [0.15, 0.2) is 42.7 Å². The molecule has 0 unspecified atom stereocenters. The Kier molecular flexibility index (Phi) is 3.86. The molecule has 1 aromatic carbocycles. The lowest BCUT2D eigenvalue weighted by atomic mass is 10.1. The van der Waals surface area contributed by atoms with Crippen molar-refractivity contribution in [2.45, 2.75) is 26.7 Å². The zero-order valence-electron chi connectivity index (χ0n) is 12.5. The molecule has 0 aliphatic rings. The first-order valence-electron chi connectivity index (χ1n) is 7.44. The van der Waals surface area contributed by atoms with Crippen molar-refractivity contribution >= 4 is 11.6 Å². The van der Waals surface area contributed by atoms with Gasteiger partial charge in [-0.1, -0.05) is 37.6 Å². The summed E-state index contributed by atoms with van der Waals surface area (Å²) < 4.78 is 2.03. The fourth-order valence-corrected chi connectivity index (χ4v) is 2.47. The highest BCUT2D eigenvalue weighted by atomic mass is 15.2. The number of hydrogen-bond donors (Lipinski definition) is 1. The predicted molar refractivity (Wildman–Crippen MR) is 86.6 cm³/mol. The molecule has 0 fully saturated rings. The second-order valence-electron chi connectivity index (χ2n) is 5.19. The van der Waals surface area contributed by atoms with E-state index in [9.17, 15) is 0 Å². The Morgan fingerprint density at radius 2 is 2.05 bits per heavy atom. The van der Waals surface area contributed by atoms with Gasteiger partial charge in [-0.3, -0.25) is 4.40 Å². The molecular weight excluding hydrogens is 260 g/mol. The maximum absolute atomic E-state index is 4.71. The van der Waals surface area contributed by atoms with Crippen molar-refractivity contribution in [3.63, 3.8) is 0 Å². The van der Waals surface area contributed by atoms with Crippen molar-refractivity contribution in [1.82, 2.24) is 14.4 Å². The van der Waals surface area contributed by atoms with Crippen LogP contribution in [0.3, 0.4) is 0 Å². The highest BCUT2D eigenvalue weighted by molar-refractivity contribution is 5.77. The Morgan fingerprint density at radius 3 is 2.86 bits per heavy atom. The third-order valence-electron chi connectivity index (χ3n) is 3.63. The second kappa shape index (κ2) is 5.95. The van der Waals surface area contributed by atoms with E-state index in [2.05, 4.69) is 48.4 Å². The fourth-order valence-electron chi connectivity index (χ4n) is 2.47. The summed E-state index contributed by atoms with van der Waals surface area (Å²) in [5.41, 5.74) is 3.35. The summed E-state index contributed by atoms with van der Waals surface area (Å²) in [4.78, 5) is 9.07. The summed E-state index contributed by atoms with van der Waals surface area (Å²) in [6.45, 7) is 5.25. The van der Waals surface area contributed by atoms with Crippen molar-refractivity contribution in [3.05, 3.63) is 48.3 Å². The molecule has 4 nitrogen and oxygen atoms in total. The number of nitrogens with zero attached hydrogens (tertiary/aromatic N) is 3. The minimum absolute atomic E-state index is 0.731. The molecule has 0 aliphatic heterocycles. The van der Waals surface area contributed by atoms with Crippen LogP contribution in [0.5, 0.6) is 0 Å². The molecular formula is C17H20N4. The number of unbranched alkanes of at least 4 members (excludes halogenated alkanes) is 1. The zero-order chi connectivity index (χ0) is 14.7. The quantitative estimate of drug-likeness (QED) is 0.720. The summed E-state index contributed by atoms with van der Waals surface area (Å²) in [6.07, 6.45) is 6.09. The van der Waals surface area contributed by atoms with Gasteiger partial charge in [0.15, 0.2) is 0 Å². The van der Waals surface area contributed by atoms with E-state index in [1.165, 1.54) is 12.0 Å². The number of anilines is 1. The summed E-state index contributed by atoms with van der Waals surface area (Å²) in [5.74, 6) is 1.76. The molecule has 21 heavy (non-hydrogen) atoms. The van der Waals surface area contributed by atoms with Gasteiger partial charge in [0.25, 0.3) is 0 Å². The lowest BCUT2D eigenvalue weighted by Crippen LogP contribution is -2.05. The van der Waals surface area contributed by atoms with Crippen molar-refractivity contribution < 1.29 is 0 Å². The number of benzene rings is 1. The fraction of sp³-hybridized carbons (Fsp3) is 0.294. The first-order chi connectivity index (χ1) is 10.3. The average molecular weight is 280 g/mol. The van der Waals surface area contributed by atoms with Gasteiger partial charge in [0.1, 0.15) is 11.5 Å². The molecule has 0 atom stereocenters. The van der Waals surface area contributed by atoms with Gasteiger partial charge in [-0.05, 0) is 25.0 Å². The smallest absolute Gasteiger partial charge is 0.235 e. The van der Waals surface area contributed by atoms with E-state index in [4.69, 9.17) is 4.98 Å². The van der Waals surface area contributed by atoms with E-state index in [1.54, 1.807) is 6.20 Å². The molecule has 0 saturated heterocycles. The van der Waals surface area contributed by atoms with E-state index < -0.39 is 0 Å². The number of nitrogens with one attached hydrogen (secondary N) is 1. The standard InChI is InChI=1S/C17H20N4/c1-3-4-10-18-16-15(14-9-6-5-8-13(14)2)20-17-19-11-7-12-21(16)17/h5-9,11-12,18H,3-4,10H2,1-2H3. The van der Waals surface area contributed by atoms with Gasteiger partial charge in [0, 0.05) is 24.5 Å². The van der Waals surface area contributed by atoms with Gasteiger partial charge in [0.05, 0.1) is 0 Å². The average Bonchev–Trinajstić information content (AvgIpc) is 2.87. The zero-order valence-corrected chi connectivity index (χ0v) is 12.5. The summed E-state index contributed by atoms with van der Waals surface area (Å²) in [6, 6.07) is 10.3. The highest BCUT2D eigenvalue weighted by Gasteiger charge is 2.15. The molecule has 0 bridgehead atoms. The van der Waals surface area contributed by atoms with Crippen LogP contribution in [0.25, 0.3) is 17.0 Å². The van der Waals surface area contributed by atoms with Crippen LogP contribution in [0.2, 0.25) is 0 Å². The van der Waals surface area contributed by atoms with Gasteiger partial charge in [0.2, 0.25) is 5.78 Å². The van der Waals surface area contributed by atoms with E-state index >= 15 is 0 Å². The molecule has 0 radical (unpaired) electrons. The van der Waals surface area contributed by atoms with Crippen molar-refractivity contribution in [2.24, 2.45) is 0 Å². The van der Waals surface area contributed by atoms with Crippen molar-refractivity contribution in [2.75, 3.05) is 11.9 Å². The monoisotopic (exact) mass is 280 g/mol. The Morgan fingerprint density at radius 1 is 1.19 bits per heavy atom. The van der Waals surface area contributed by atoms with Gasteiger partial charge in [-0.2, -0.15) is 0 Å². The van der Waals surface area contributed by atoms with Crippen LogP contribution in [0, 0.1) is 6.92 Å². The maximum atomic E-state index is 4.71. The Balaban J connectivity index is 2.12. The van der Waals surface area contributed by atoms with Crippen molar-refractivity contribution in [3.8, 4) is 11.3 Å². The molecule has 2 aromatic heterocycles. The third kappa shape index (κ3) is 2.61. The lowest BCUT2D eigenvalue weighted by molar-refractivity contribution is 0.829. The highest BCUT2D eigenvalue weighted by Crippen LogP contribution is 2.30. The van der Waals surface area contributed by atoms with Crippen LogP contribution >= 0.6 is 0 Å². The van der Waals surface area contributed by atoms with Crippen molar-refractivity contribution in [1.29, 1.82) is 0 Å². The number of hydrogen-bond acceptors (Lipinski definition) is 3. The minimum Gasteiger partial charge on any atom is -0.369 e. The predicted octanol–water partition coefficient (Wildman–Crippen LogP) is 3.92. The summed E-state index contributed by atoms with van der Waals surface area (Å²) >= 11 is 0. The Bertz CT molecular complexity index is 745. The number of fused-ring (bicyclic) bond motifs is 1. The number of aromatic nitrogens is 3. The Labute approximate surface area is 124 Å². The van der Waals surface area contributed by atoms with E-state index in [1.807, 2.05) is 16.7 Å². The molecule has 0 aliphatic carbocycles. The second-order valence-corrected chi connectivity index (χ2v) is 5.19. The summed E-state index contributed by atoms with van der Waals surface area (Å²) in [7, 11) is 0. The molecule has 0 amide bonds. The number of rotatable bonds is 5. The van der Waals surface area contributed by atoms with Crippen LogP contribution < -0.4 is 5.32 Å². The normalized spacial score (nSPS) is 11.0. The van der Waals surface area contributed by atoms with Gasteiger partial charge < -0.3 is 5.32 Å². The largest absolute Gasteiger partial charge is 0.369 e. The van der Waals surface area contributed by atoms with Gasteiger partial charge >= 0.3 is 0 Å². The molecule has 108 valence electrons. The summed E-state index contributed by atoms with van der Waals surface area (Å²) in [5, 5.41) is 3.52. The van der Waals surface area contributed by atoms with Crippen LogP contribution in [-0.4, -0.2) is 20.9 Å². The first-order valence-corrected chi connectivity index (χ1v) is 7.44. The molecule has 3 rings (SSSR count). The van der Waals surface area contributed by atoms with Crippen LogP contribution in [0.4, 0.5) is 5.82 Å². The minimum atomic E-state index is 0.731. The van der Waals surface area contributed by atoms with Crippen LogP contribution in [-0.2, 0) is 0 Å². The van der Waals surface area contributed by atoms with E-state index in [0.29, 0.717) is 0 Å². The molecule has 2 heterocycles. The molecule has 0 saturated carbocycles. The SMILES string of the molecule is CCCCNc1c(-c2ccccc2C)nc2ncccn12. The molecule has 3 aromatic rings. The molecule has 4 heteroatoms. The lowest BCUT2D eigenvalue weighted by Gasteiger charge is -2.09. The van der Waals surface area contributed by atoms with Crippen LogP contribution in [0.1, 0.15) is 25.3 Å². The Hall–Kier alpha value is -2.36. The first kappa shape index (κ1) is 13.6. The number of aryl methyl sites for hydroxylation is 1. The molecule has 1 N–H and O–H groups in total. The maximum Gasteiger partial charge on any atom is 0.235 e. The van der Waals surface area contributed by atoms with E-state index in [-0.39, 0.29) is 0 Å². The third-order valence-corrected chi connectivity index (χ3v) is 3.63. The number of imidazole rings is 1. The topological polar surface area (TPSA) is 42.2 Å².